The Morgan fingerprint density at radius 1 is 1.40 bits per heavy atom. The molecule has 1 saturated carbocycles. The van der Waals surface area contributed by atoms with Crippen molar-refractivity contribution < 1.29 is 9.90 Å². The van der Waals surface area contributed by atoms with E-state index in [0.717, 1.165) is 18.4 Å². The van der Waals surface area contributed by atoms with Crippen LogP contribution in [0, 0.1) is 11.8 Å². The summed E-state index contributed by atoms with van der Waals surface area (Å²) < 4.78 is 0. The standard InChI is InChI=1S/C12H21NO2/c1-9-4-5-11-10(7-9)3-2-6-13(11)8-12(14)15/h9-11H,2-8H2,1H3,(H,14,15)/t9-,10-,11-/m1/s1. The molecule has 0 radical (unpaired) electrons. The number of nitrogens with zero attached hydrogens (tertiary/aromatic N) is 1. The van der Waals surface area contributed by atoms with Crippen LogP contribution in [0.4, 0.5) is 0 Å². The van der Waals surface area contributed by atoms with E-state index in [1.165, 1.54) is 32.1 Å². The van der Waals surface area contributed by atoms with Crippen molar-refractivity contribution in [3.8, 4) is 0 Å². The molecule has 1 saturated heterocycles. The maximum absolute atomic E-state index is 10.8. The molecule has 0 aromatic rings. The van der Waals surface area contributed by atoms with Crippen LogP contribution < -0.4 is 0 Å². The first-order chi connectivity index (χ1) is 7.16. The number of fused-ring (bicyclic) bond motifs is 1. The lowest BCUT2D eigenvalue weighted by atomic mass is 9.74. The molecule has 1 aliphatic heterocycles. The molecule has 15 heavy (non-hydrogen) atoms. The van der Waals surface area contributed by atoms with Gasteiger partial charge in [-0.15, -0.1) is 0 Å². The molecule has 1 N–H and O–H groups in total. The minimum absolute atomic E-state index is 0.246. The van der Waals surface area contributed by atoms with Crippen molar-refractivity contribution in [2.75, 3.05) is 13.1 Å². The predicted octanol–water partition coefficient (Wildman–Crippen LogP) is 1.97. The van der Waals surface area contributed by atoms with Gasteiger partial charge in [0.05, 0.1) is 6.54 Å². The second-order valence-corrected chi connectivity index (χ2v) is 5.25. The van der Waals surface area contributed by atoms with Gasteiger partial charge in [-0.05, 0) is 50.5 Å². The molecule has 0 spiro atoms. The van der Waals surface area contributed by atoms with E-state index >= 15 is 0 Å². The number of carbonyl (C=O) groups is 1. The van der Waals surface area contributed by atoms with Gasteiger partial charge in [-0.25, -0.2) is 0 Å². The summed E-state index contributed by atoms with van der Waals surface area (Å²) in [4.78, 5) is 13.0. The normalized spacial score (nSPS) is 37.3. The lowest BCUT2D eigenvalue weighted by Crippen LogP contribution is -2.49. The summed E-state index contributed by atoms with van der Waals surface area (Å²) in [6, 6.07) is 0.561. The summed E-state index contributed by atoms with van der Waals surface area (Å²) in [6.07, 6.45) is 6.28. The molecule has 0 unspecified atom stereocenters. The summed E-state index contributed by atoms with van der Waals surface area (Å²) in [6.45, 7) is 3.56. The molecule has 3 heteroatoms. The van der Waals surface area contributed by atoms with Gasteiger partial charge in [-0.2, -0.15) is 0 Å². The second kappa shape index (κ2) is 4.52. The third kappa shape index (κ3) is 2.51. The van der Waals surface area contributed by atoms with Gasteiger partial charge in [0.1, 0.15) is 0 Å². The number of piperidine rings is 1. The third-order valence-corrected chi connectivity index (χ3v) is 4.03. The van der Waals surface area contributed by atoms with Crippen LogP contribution in [-0.4, -0.2) is 35.1 Å². The Kier molecular flexibility index (Phi) is 3.29. The van der Waals surface area contributed by atoms with Crippen LogP contribution in [0.25, 0.3) is 0 Å². The molecule has 1 heterocycles. The fourth-order valence-electron chi connectivity index (χ4n) is 3.37. The van der Waals surface area contributed by atoms with Crippen molar-refractivity contribution in [1.29, 1.82) is 0 Å². The molecule has 1 aliphatic carbocycles. The number of carboxylic acids is 1. The van der Waals surface area contributed by atoms with Gasteiger partial charge in [0.2, 0.25) is 0 Å². The van der Waals surface area contributed by atoms with E-state index in [0.29, 0.717) is 6.04 Å². The summed E-state index contributed by atoms with van der Waals surface area (Å²) in [5.74, 6) is 0.937. The number of hydrogen-bond acceptors (Lipinski definition) is 2. The van der Waals surface area contributed by atoms with Crippen molar-refractivity contribution in [2.45, 2.75) is 45.1 Å². The molecular formula is C12H21NO2. The fourth-order valence-corrected chi connectivity index (χ4v) is 3.37. The topological polar surface area (TPSA) is 40.5 Å². The minimum Gasteiger partial charge on any atom is -0.480 e. The van der Waals surface area contributed by atoms with Gasteiger partial charge >= 0.3 is 5.97 Å². The van der Waals surface area contributed by atoms with Crippen LogP contribution >= 0.6 is 0 Å². The van der Waals surface area contributed by atoms with Gasteiger partial charge in [0, 0.05) is 6.04 Å². The monoisotopic (exact) mass is 211 g/mol. The Morgan fingerprint density at radius 3 is 2.93 bits per heavy atom. The smallest absolute Gasteiger partial charge is 0.317 e. The maximum atomic E-state index is 10.8. The SMILES string of the molecule is C[C@@H]1CC[C@@H]2[C@H](CCCN2CC(=O)O)C1. The molecule has 0 bridgehead atoms. The largest absolute Gasteiger partial charge is 0.480 e. The van der Waals surface area contributed by atoms with Crippen LogP contribution in [0.2, 0.25) is 0 Å². The molecule has 3 atom stereocenters. The average molecular weight is 211 g/mol. The van der Waals surface area contributed by atoms with Gasteiger partial charge in [0.15, 0.2) is 0 Å². The summed E-state index contributed by atoms with van der Waals surface area (Å²) >= 11 is 0. The zero-order valence-corrected chi connectivity index (χ0v) is 9.48. The zero-order chi connectivity index (χ0) is 10.8. The highest BCUT2D eigenvalue weighted by atomic mass is 16.4. The summed E-state index contributed by atoms with van der Waals surface area (Å²) in [5.41, 5.74) is 0. The number of aliphatic carboxylic acids is 1. The van der Waals surface area contributed by atoms with E-state index in [-0.39, 0.29) is 6.54 Å². The molecule has 0 amide bonds. The molecule has 2 fully saturated rings. The highest BCUT2D eigenvalue weighted by Crippen LogP contribution is 2.37. The van der Waals surface area contributed by atoms with Gasteiger partial charge in [-0.1, -0.05) is 6.92 Å². The highest BCUT2D eigenvalue weighted by molar-refractivity contribution is 5.69. The lowest BCUT2D eigenvalue weighted by Gasteiger charge is -2.45. The number of carboxylic acid groups (broad SMARTS) is 1. The van der Waals surface area contributed by atoms with Crippen LogP contribution in [0.1, 0.15) is 39.0 Å². The Morgan fingerprint density at radius 2 is 2.20 bits per heavy atom. The summed E-state index contributed by atoms with van der Waals surface area (Å²) in [5, 5.41) is 8.87. The predicted molar refractivity (Wildman–Crippen MR) is 58.7 cm³/mol. The first kappa shape index (κ1) is 10.9. The fraction of sp³-hybridized carbons (Fsp3) is 0.917. The van der Waals surface area contributed by atoms with E-state index < -0.39 is 5.97 Å². The van der Waals surface area contributed by atoms with Crippen molar-refractivity contribution in [3.05, 3.63) is 0 Å². The van der Waals surface area contributed by atoms with Crippen LogP contribution in [0.3, 0.4) is 0 Å². The van der Waals surface area contributed by atoms with Gasteiger partial charge < -0.3 is 5.11 Å². The third-order valence-electron chi connectivity index (χ3n) is 4.03. The van der Waals surface area contributed by atoms with Crippen LogP contribution in [0.5, 0.6) is 0 Å². The molecular weight excluding hydrogens is 190 g/mol. The van der Waals surface area contributed by atoms with Gasteiger partial charge in [-0.3, -0.25) is 9.69 Å². The van der Waals surface area contributed by atoms with E-state index in [9.17, 15) is 4.79 Å². The highest BCUT2D eigenvalue weighted by Gasteiger charge is 2.35. The van der Waals surface area contributed by atoms with Crippen molar-refractivity contribution in [3.63, 3.8) is 0 Å². The quantitative estimate of drug-likeness (QED) is 0.759. The Labute approximate surface area is 91.5 Å². The Bertz CT molecular complexity index is 242. The molecule has 0 aromatic heterocycles. The van der Waals surface area contributed by atoms with Crippen molar-refractivity contribution in [1.82, 2.24) is 4.90 Å². The van der Waals surface area contributed by atoms with E-state index in [2.05, 4.69) is 11.8 Å². The zero-order valence-electron chi connectivity index (χ0n) is 9.48. The number of likely N-dealkylation sites (tertiary alicyclic amines) is 1. The lowest BCUT2D eigenvalue weighted by molar-refractivity contribution is -0.140. The van der Waals surface area contributed by atoms with E-state index in [1.807, 2.05) is 0 Å². The van der Waals surface area contributed by atoms with E-state index in [1.54, 1.807) is 0 Å². The minimum atomic E-state index is -0.672. The maximum Gasteiger partial charge on any atom is 0.317 e. The molecule has 2 rings (SSSR count). The number of rotatable bonds is 2. The first-order valence-corrected chi connectivity index (χ1v) is 6.12. The Hall–Kier alpha value is -0.570. The Balaban J connectivity index is 1.98. The average Bonchev–Trinajstić information content (AvgIpc) is 2.16. The molecule has 86 valence electrons. The first-order valence-electron chi connectivity index (χ1n) is 6.12. The van der Waals surface area contributed by atoms with Crippen molar-refractivity contribution >= 4 is 5.97 Å². The van der Waals surface area contributed by atoms with E-state index in [4.69, 9.17) is 5.11 Å². The van der Waals surface area contributed by atoms with Crippen LogP contribution in [0.15, 0.2) is 0 Å². The molecule has 0 aromatic carbocycles. The van der Waals surface area contributed by atoms with Crippen LogP contribution in [-0.2, 0) is 4.79 Å². The van der Waals surface area contributed by atoms with Crippen molar-refractivity contribution in [2.24, 2.45) is 11.8 Å². The second-order valence-electron chi connectivity index (χ2n) is 5.25. The van der Waals surface area contributed by atoms with Gasteiger partial charge in [0.25, 0.3) is 0 Å². The molecule has 2 aliphatic rings. The molecule has 3 nitrogen and oxygen atoms in total. The number of hydrogen-bond donors (Lipinski definition) is 1. The summed E-state index contributed by atoms with van der Waals surface area (Å²) in [7, 11) is 0.